The number of hydrogen-bond donors (Lipinski definition) is 2. The van der Waals surface area contributed by atoms with Gasteiger partial charge in [-0.15, -0.1) is 0 Å². The van der Waals surface area contributed by atoms with Crippen LogP contribution in [0.3, 0.4) is 0 Å². The third-order valence-electron chi connectivity index (χ3n) is 5.12. The zero-order chi connectivity index (χ0) is 22.4. The number of para-hydroxylation sites is 1. The lowest BCUT2D eigenvalue weighted by molar-refractivity contribution is -0.121. The predicted octanol–water partition coefficient (Wildman–Crippen LogP) is 2.28. The average molecular weight is 444 g/mol. The molecular formula is C22H29N5O3S. The van der Waals surface area contributed by atoms with Crippen LogP contribution in [0.2, 0.25) is 0 Å². The number of sulfonamides is 1. The molecule has 1 aromatic heterocycles. The molecule has 0 radical (unpaired) electrons. The normalized spacial score (nSPS) is 11.6. The van der Waals surface area contributed by atoms with Crippen LogP contribution in [0.4, 0.5) is 5.69 Å². The van der Waals surface area contributed by atoms with Crippen molar-refractivity contribution in [1.82, 2.24) is 14.9 Å². The number of nitrogens with zero attached hydrogens (tertiary/aromatic N) is 3. The predicted molar refractivity (Wildman–Crippen MR) is 122 cm³/mol. The topological polar surface area (TPSA) is 110 Å². The molecule has 0 spiro atoms. The van der Waals surface area contributed by atoms with Crippen molar-refractivity contribution in [2.45, 2.75) is 37.6 Å². The molecular weight excluding hydrogens is 414 g/mol. The maximum atomic E-state index is 12.3. The lowest BCUT2D eigenvalue weighted by Crippen LogP contribution is -2.33. The number of carbonyl (C=O) groups is 1. The molecule has 3 rings (SSSR count). The van der Waals surface area contributed by atoms with Gasteiger partial charge in [-0.1, -0.05) is 25.1 Å². The summed E-state index contributed by atoms with van der Waals surface area (Å²) < 4.78 is 25.3. The third-order valence-corrected chi connectivity index (χ3v) is 6.03. The number of fused-ring (bicyclic) bond motifs is 1. The molecule has 2 aromatic carbocycles. The summed E-state index contributed by atoms with van der Waals surface area (Å²) in [6.07, 6.45) is 1.68. The van der Waals surface area contributed by atoms with E-state index in [0.717, 1.165) is 30.0 Å². The number of amides is 1. The van der Waals surface area contributed by atoms with Gasteiger partial charge in [0.05, 0.1) is 15.9 Å². The molecule has 3 N–H and O–H groups in total. The van der Waals surface area contributed by atoms with E-state index < -0.39 is 10.0 Å². The van der Waals surface area contributed by atoms with Crippen LogP contribution in [0.1, 0.15) is 25.6 Å². The van der Waals surface area contributed by atoms with E-state index in [9.17, 15) is 13.2 Å². The fourth-order valence-corrected chi connectivity index (χ4v) is 4.02. The molecule has 0 saturated carbocycles. The number of aryl methyl sites for hydroxylation is 2. The van der Waals surface area contributed by atoms with Gasteiger partial charge < -0.3 is 14.8 Å². The molecule has 0 aliphatic heterocycles. The van der Waals surface area contributed by atoms with Crippen molar-refractivity contribution in [2.75, 3.05) is 25.0 Å². The van der Waals surface area contributed by atoms with Gasteiger partial charge >= 0.3 is 0 Å². The van der Waals surface area contributed by atoms with Gasteiger partial charge in [0.2, 0.25) is 15.9 Å². The fourth-order valence-electron chi connectivity index (χ4n) is 3.49. The van der Waals surface area contributed by atoms with Crippen molar-refractivity contribution in [2.24, 2.45) is 5.14 Å². The van der Waals surface area contributed by atoms with Gasteiger partial charge in [-0.3, -0.25) is 4.79 Å². The summed E-state index contributed by atoms with van der Waals surface area (Å²) in [5.74, 6) is 0.724. The Bertz CT molecular complexity index is 1140. The molecule has 9 heteroatoms. The van der Waals surface area contributed by atoms with Crippen LogP contribution in [0.25, 0.3) is 11.0 Å². The zero-order valence-electron chi connectivity index (χ0n) is 17.9. The lowest BCUT2D eigenvalue weighted by Gasteiger charge is -2.19. The number of likely N-dealkylation sites (N-methyl/N-ethyl adjacent to an activating group) is 1. The molecule has 31 heavy (non-hydrogen) atoms. The second-order valence-electron chi connectivity index (χ2n) is 7.48. The molecule has 0 saturated heterocycles. The highest BCUT2D eigenvalue weighted by Crippen LogP contribution is 2.21. The second-order valence-corrected chi connectivity index (χ2v) is 9.04. The van der Waals surface area contributed by atoms with Crippen LogP contribution in [0.5, 0.6) is 0 Å². The Hall–Kier alpha value is -2.91. The maximum absolute atomic E-state index is 12.3. The number of nitrogens with one attached hydrogen (secondary N) is 1. The summed E-state index contributed by atoms with van der Waals surface area (Å²) in [5, 5.41) is 8.19. The summed E-state index contributed by atoms with van der Waals surface area (Å²) in [6.45, 7) is 4.06. The summed E-state index contributed by atoms with van der Waals surface area (Å²) >= 11 is 0. The Kier molecular flexibility index (Phi) is 7.29. The minimum absolute atomic E-state index is 0.0352. The van der Waals surface area contributed by atoms with Crippen molar-refractivity contribution in [3.63, 3.8) is 0 Å². The van der Waals surface area contributed by atoms with Crippen molar-refractivity contribution in [3.8, 4) is 0 Å². The Morgan fingerprint density at radius 3 is 2.61 bits per heavy atom. The number of nitrogens with two attached hydrogens (primary N) is 1. The molecule has 8 nitrogen and oxygen atoms in total. The van der Waals surface area contributed by atoms with E-state index in [1.54, 1.807) is 6.07 Å². The Morgan fingerprint density at radius 2 is 1.94 bits per heavy atom. The SMILES string of the molecule is CCCn1c(CCC(=O)NCCN(C)c2ccccc2)nc2cc(S(N)(=O)=O)ccc21. The molecule has 0 fully saturated rings. The van der Waals surface area contributed by atoms with Gasteiger partial charge in [0, 0.05) is 45.2 Å². The van der Waals surface area contributed by atoms with Crippen LogP contribution in [-0.2, 0) is 27.8 Å². The van der Waals surface area contributed by atoms with Crippen molar-refractivity contribution >= 4 is 32.7 Å². The third kappa shape index (κ3) is 5.83. The van der Waals surface area contributed by atoms with Gasteiger partial charge in [0.1, 0.15) is 5.82 Å². The maximum Gasteiger partial charge on any atom is 0.238 e. The Morgan fingerprint density at radius 1 is 1.19 bits per heavy atom. The quantitative estimate of drug-likeness (QED) is 0.499. The van der Waals surface area contributed by atoms with E-state index in [1.165, 1.54) is 12.1 Å². The number of hydrogen-bond acceptors (Lipinski definition) is 5. The van der Waals surface area contributed by atoms with Crippen LogP contribution >= 0.6 is 0 Å². The molecule has 0 aliphatic carbocycles. The highest BCUT2D eigenvalue weighted by Gasteiger charge is 2.15. The van der Waals surface area contributed by atoms with E-state index in [2.05, 4.69) is 22.1 Å². The van der Waals surface area contributed by atoms with Crippen LogP contribution < -0.4 is 15.4 Å². The summed E-state index contributed by atoms with van der Waals surface area (Å²) in [6, 6.07) is 14.7. The molecule has 3 aromatic rings. The first-order valence-corrected chi connectivity index (χ1v) is 11.9. The summed E-state index contributed by atoms with van der Waals surface area (Å²) in [4.78, 5) is 19.0. The van der Waals surface area contributed by atoms with Crippen molar-refractivity contribution in [1.29, 1.82) is 0 Å². The highest BCUT2D eigenvalue weighted by molar-refractivity contribution is 7.89. The summed E-state index contributed by atoms with van der Waals surface area (Å²) in [5.41, 5.74) is 2.51. The number of benzene rings is 2. The zero-order valence-corrected chi connectivity index (χ0v) is 18.7. The van der Waals surface area contributed by atoms with E-state index >= 15 is 0 Å². The lowest BCUT2D eigenvalue weighted by atomic mass is 10.2. The number of aromatic nitrogens is 2. The van der Waals surface area contributed by atoms with Gasteiger partial charge in [-0.05, 0) is 36.8 Å². The first kappa shape index (κ1) is 22.8. The van der Waals surface area contributed by atoms with Crippen molar-refractivity contribution in [3.05, 3.63) is 54.4 Å². The average Bonchev–Trinajstić information content (AvgIpc) is 3.09. The Balaban J connectivity index is 1.61. The van der Waals surface area contributed by atoms with Crippen LogP contribution in [-0.4, -0.2) is 44.0 Å². The number of anilines is 1. The number of rotatable bonds is 10. The van der Waals surface area contributed by atoms with Crippen LogP contribution in [0.15, 0.2) is 53.4 Å². The van der Waals surface area contributed by atoms with Gasteiger partial charge in [0.25, 0.3) is 0 Å². The smallest absolute Gasteiger partial charge is 0.238 e. The largest absolute Gasteiger partial charge is 0.373 e. The van der Waals surface area contributed by atoms with Crippen molar-refractivity contribution < 1.29 is 13.2 Å². The molecule has 0 bridgehead atoms. The minimum atomic E-state index is -3.79. The van der Waals surface area contributed by atoms with Gasteiger partial charge in [-0.25, -0.2) is 18.5 Å². The fraction of sp³-hybridized carbons (Fsp3) is 0.364. The molecule has 0 atom stereocenters. The molecule has 1 heterocycles. The standard InChI is InChI=1S/C22H29N5O3S/c1-3-14-27-20-10-9-18(31(23,29)30)16-19(20)25-21(27)11-12-22(28)24-13-15-26(2)17-7-5-4-6-8-17/h4-10,16H,3,11-15H2,1-2H3,(H,24,28)(H2,23,29,30). The van der Waals surface area contributed by atoms with E-state index in [0.29, 0.717) is 31.4 Å². The second kappa shape index (κ2) is 9.93. The molecule has 166 valence electrons. The monoisotopic (exact) mass is 443 g/mol. The first-order chi connectivity index (χ1) is 14.8. The molecule has 0 unspecified atom stereocenters. The van der Waals surface area contributed by atoms with Gasteiger partial charge in [0.15, 0.2) is 0 Å². The summed E-state index contributed by atoms with van der Waals surface area (Å²) in [7, 11) is -1.80. The highest BCUT2D eigenvalue weighted by atomic mass is 32.2. The van der Waals surface area contributed by atoms with E-state index in [1.807, 2.05) is 41.9 Å². The first-order valence-electron chi connectivity index (χ1n) is 10.3. The van der Waals surface area contributed by atoms with Crippen LogP contribution in [0, 0.1) is 0 Å². The number of carbonyl (C=O) groups excluding carboxylic acids is 1. The Labute approximate surface area is 183 Å². The van der Waals surface area contributed by atoms with E-state index in [4.69, 9.17) is 5.14 Å². The molecule has 1 amide bonds. The van der Waals surface area contributed by atoms with Gasteiger partial charge in [-0.2, -0.15) is 0 Å². The van der Waals surface area contributed by atoms with E-state index in [-0.39, 0.29) is 10.8 Å². The minimum Gasteiger partial charge on any atom is -0.373 e. The number of primary sulfonamides is 1. The molecule has 0 aliphatic rings. The number of imidazole rings is 1.